The predicted molar refractivity (Wildman–Crippen MR) is 90.1 cm³/mol. The summed E-state index contributed by atoms with van der Waals surface area (Å²) in [5, 5.41) is 8.43. The van der Waals surface area contributed by atoms with E-state index in [1.807, 2.05) is 0 Å². The molecule has 0 spiro atoms. The molecule has 6 heteroatoms. The lowest BCUT2D eigenvalue weighted by Gasteiger charge is -2.17. The Morgan fingerprint density at radius 1 is 1.00 bits per heavy atom. The van der Waals surface area contributed by atoms with Gasteiger partial charge in [-0.25, -0.2) is 9.37 Å². The Morgan fingerprint density at radius 3 is 2.50 bits per heavy atom. The minimum Gasteiger partial charge on any atom is -0.367 e. The summed E-state index contributed by atoms with van der Waals surface area (Å²) in [6.07, 6.45) is 8.84. The second-order valence-corrected chi connectivity index (χ2v) is 6.27. The molecule has 0 bridgehead atoms. The van der Waals surface area contributed by atoms with Gasteiger partial charge in [-0.05, 0) is 37.1 Å². The van der Waals surface area contributed by atoms with Gasteiger partial charge in [-0.1, -0.05) is 30.8 Å². The molecule has 5 nitrogen and oxygen atoms in total. The summed E-state index contributed by atoms with van der Waals surface area (Å²) >= 11 is 0. The van der Waals surface area contributed by atoms with Gasteiger partial charge in [0, 0.05) is 11.6 Å². The summed E-state index contributed by atoms with van der Waals surface area (Å²) in [6, 6.07) is 6.61. The highest BCUT2D eigenvalue weighted by molar-refractivity contribution is 5.97. The largest absolute Gasteiger partial charge is 0.367 e. The molecule has 0 amide bonds. The van der Waals surface area contributed by atoms with Crippen LogP contribution >= 0.6 is 0 Å². The molecule has 0 radical (unpaired) electrons. The van der Waals surface area contributed by atoms with Gasteiger partial charge in [-0.3, -0.25) is 0 Å². The highest BCUT2D eigenvalue weighted by Gasteiger charge is 2.19. The number of nitrogens with zero attached hydrogens (tertiary/aromatic N) is 3. The zero-order chi connectivity index (χ0) is 16.4. The van der Waals surface area contributed by atoms with E-state index in [0.29, 0.717) is 17.4 Å². The highest BCUT2D eigenvalue weighted by Crippen LogP contribution is 2.32. The van der Waals surface area contributed by atoms with Crippen molar-refractivity contribution in [1.82, 2.24) is 15.1 Å². The van der Waals surface area contributed by atoms with Gasteiger partial charge in [0.2, 0.25) is 0 Å². The molecule has 1 saturated carbocycles. The summed E-state index contributed by atoms with van der Waals surface area (Å²) in [6.45, 7) is 0. The molecule has 0 unspecified atom stereocenters. The standard InChI is InChI=1S/C18H19FN4O/c19-13-9-7-12(8-10-13)16-15-17(20-11-21-18(15)24-23-16)22-14-5-3-1-2-4-6-14/h7-11,14H,1-6H2,(H,20,21,22). The van der Waals surface area contributed by atoms with Crippen molar-refractivity contribution >= 4 is 16.9 Å². The van der Waals surface area contributed by atoms with Crippen LogP contribution in [0.4, 0.5) is 10.2 Å². The maximum absolute atomic E-state index is 13.2. The molecule has 0 saturated heterocycles. The first-order valence-corrected chi connectivity index (χ1v) is 8.44. The van der Waals surface area contributed by atoms with Crippen molar-refractivity contribution in [2.24, 2.45) is 0 Å². The lowest BCUT2D eigenvalue weighted by Crippen LogP contribution is -2.19. The Kier molecular flexibility index (Phi) is 4.11. The molecular weight excluding hydrogens is 307 g/mol. The monoisotopic (exact) mass is 326 g/mol. The van der Waals surface area contributed by atoms with Crippen molar-refractivity contribution < 1.29 is 8.91 Å². The maximum Gasteiger partial charge on any atom is 0.263 e. The van der Waals surface area contributed by atoms with E-state index in [0.717, 1.165) is 29.6 Å². The lowest BCUT2D eigenvalue weighted by molar-refractivity contribution is 0.451. The first-order valence-electron chi connectivity index (χ1n) is 8.44. The van der Waals surface area contributed by atoms with Gasteiger partial charge in [-0.2, -0.15) is 4.98 Å². The third kappa shape index (κ3) is 2.96. The van der Waals surface area contributed by atoms with Crippen LogP contribution in [0.2, 0.25) is 0 Å². The van der Waals surface area contributed by atoms with Crippen LogP contribution in [0, 0.1) is 5.82 Å². The fourth-order valence-electron chi connectivity index (χ4n) is 3.32. The van der Waals surface area contributed by atoms with E-state index in [9.17, 15) is 4.39 Å². The molecule has 3 aromatic rings. The van der Waals surface area contributed by atoms with E-state index in [1.165, 1.54) is 44.1 Å². The van der Waals surface area contributed by atoms with Crippen LogP contribution in [0.1, 0.15) is 38.5 Å². The topological polar surface area (TPSA) is 63.8 Å². The van der Waals surface area contributed by atoms with E-state index >= 15 is 0 Å². The van der Waals surface area contributed by atoms with E-state index in [2.05, 4.69) is 20.4 Å². The summed E-state index contributed by atoms with van der Waals surface area (Å²) < 4.78 is 18.5. The SMILES string of the molecule is Fc1ccc(-c2noc3ncnc(NC4CCCCCC4)c23)cc1. The van der Waals surface area contributed by atoms with Crippen molar-refractivity contribution in [2.75, 3.05) is 5.32 Å². The summed E-state index contributed by atoms with van der Waals surface area (Å²) in [5.74, 6) is 0.465. The molecule has 1 aliphatic rings. The number of benzene rings is 1. The summed E-state index contributed by atoms with van der Waals surface area (Å²) in [7, 11) is 0. The van der Waals surface area contributed by atoms with Crippen molar-refractivity contribution in [2.45, 2.75) is 44.6 Å². The molecule has 24 heavy (non-hydrogen) atoms. The molecule has 0 atom stereocenters. The molecule has 124 valence electrons. The Hall–Kier alpha value is -2.50. The molecule has 4 rings (SSSR count). The fraction of sp³-hybridized carbons (Fsp3) is 0.389. The second kappa shape index (κ2) is 6.55. The Labute approximate surface area is 139 Å². The third-order valence-corrected chi connectivity index (χ3v) is 4.59. The van der Waals surface area contributed by atoms with Gasteiger partial charge >= 0.3 is 0 Å². The molecular formula is C18H19FN4O. The first-order chi connectivity index (χ1) is 11.8. The molecule has 1 fully saturated rings. The number of aromatic nitrogens is 3. The lowest BCUT2D eigenvalue weighted by atomic mass is 10.1. The second-order valence-electron chi connectivity index (χ2n) is 6.27. The van der Waals surface area contributed by atoms with Crippen LogP contribution in [0.5, 0.6) is 0 Å². The van der Waals surface area contributed by atoms with Crippen LogP contribution in [0.15, 0.2) is 35.1 Å². The number of hydrogen-bond donors (Lipinski definition) is 1. The predicted octanol–water partition coefficient (Wildman–Crippen LogP) is 4.56. The average Bonchev–Trinajstić information content (AvgIpc) is 2.87. The van der Waals surface area contributed by atoms with E-state index < -0.39 is 0 Å². The van der Waals surface area contributed by atoms with Crippen molar-refractivity contribution in [1.29, 1.82) is 0 Å². The molecule has 2 heterocycles. The number of rotatable bonds is 3. The van der Waals surface area contributed by atoms with Gasteiger partial charge in [0.1, 0.15) is 29.0 Å². The fourth-order valence-corrected chi connectivity index (χ4v) is 3.32. The molecule has 1 aliphatic carbocycles. The quantitative estimate of drug-likeness (QED) is 0.715. The van der Waals surface area contributed by atoms with Gasteiger partial charge in [0.05, 0.1) is 0 Å². The van der Waals surface area contributed by atoms with E-state index in [1.54, 1.807) is 12.1 Å². The Morgan fingerprint density at radius 2 is 1.75 bits per heavy atom. The zero-order valence-electron chi connectivity index (χ0n) is 13.3. The van der Waals surface area contributed by atoms with Gasteiger partial charge in [0.25, 0.3) is 5.71 Å². The molecule has 1 N–H and O–H groups in total. The van der Waals surface area contributed by atoms with Crippen LogP contribution in [0.25, 0.3) is 22.4 Å². The van der Waals surface area contributed by atoms with Gasteiger partial charge < -0.3 is 9.84 Å². The number of anilines is 1. The summed E-state index contributed by atoms with van der Waals surface area (Å²) in [4.78, 5) is 8.57. The van der Waals surface area contributed by atoms with Crippen molar-refractivity contribution in [3.63, 3.8) is 0 Å². The maximum atomic E-state index is 13.2. The van der Waals surface area contributed by atoms with Crippen molar-refractivity contribution in [3.8, 4) is 11.3 Å². The van der Waals surface area contributed by atoms with Crippen LogP contribution in [0.3, 0.4) is 0 Å². The number of fused-ring (bicyclic) bond motifs is 1. The smallest absolute Gasteiger partial charge is 0.263 e. The minimum atomic E-state index is -0.278. The van der Waals surface area contributed by atoms with E-state index in [-0.39, 0.29) is 5.82 Å². The van der Waals surface area contributed by atoms with Gasteiger partial charge in [0.15, 0.2) is 0 Å². The number of hydrogen-bond acceptors (Lipinski definition) is 5. The molecule has 1 aromatic carbocycles. The average molecular weight is 326 g/mol. The van der Waals surface area contributed by atoms with Crippen LogP contribution in [-0.4, -0.2) is 21.2 Å². The van der Waals surface area contributed by atoms with Gasteiger partial charge in [-0.15, -0.1) is 0 Å². The molecule has 2 aromatic heterocycles. The first kappa shape index (κ1) is 15.1. The number of nitrogens with one attached hydrogen (secondary N) is 1. The minimum absolute atomic E-state index is 0.278. The normalized spacial score (nSPS) is 16.2. The molecule has 0 aliphatic heterocycles. The third-order valence-electron chi connectivity index (χ3n) is 4.59. The Bertz CT molecular complexity index is 823. The highest BCUT2D eigenvalue weighted by atomic mass is 19.1. The van der Waals surface area contributed by atoms with Crippen LogP contribution in [-0.2, 0) is 0 Å². The Balaban J connectivity index is 1.72. The summed E-state index contributed by atoms with van der Waals surface area (Å²) in [5.41, 5.74) is 1.87. The van der Waals surface area contributed by atoms with Crippen LogP contribution < -0.4 is 5.32 Å². The van der Waals surface area contributed by atoms with Crippen molar-refractivity contribution in [3.05, 3.63) is 36.4 Å². The number of halogens is 1. The zero-order valence-corrected chi connectivity index (χ0v) is 13.3. The van der Waals surface area contributed by atoms with E-state index in [4.69, 9.17) is 4.52 Å².